The number of ether oxygens (including phenoxy) is 1. The van der Waals surface area contributed by atoms with E-state index in [4.69, 9.17) is 4.42 Å². The lowest BCUT2D eigenvalue weighted by atomic mass is 10.3. The fraction of sp³-hybridized carbons (Fsp3) is 0.500. The van der Waals surface area contributed by atoms with Gasteiger partial charge in [0.2, 0.25) is 5.76 Å². The fourth-order valence-corrected chi connectivity index (χ4v) is 1.67. The van der Waals surface area contributed by atoms with Gasteiger partial charge in [-0.1, -0.05) is 25.6 Å². The molecule has 1 aromatic rings. The molecule has 4 heteroatoms. The number of methoxy groups -OCH3 is 1. The number of furan rings is 1. The molecule has 78 valence electrons. The lowest BCUT2D eigenvalue weighted by molar-refractivity contribution is 0.0559. The molecule has 0 N–H and O–H groups in total. The van der Waals surface area contributed by atoms with Crippen molar-refractivity contribution >= 4 is 17.7 Å². The highest BCUT2D eigenvalue weighted by Crippen LogP contribution is 2.23. The smallest absolute Gasteiger partial charge is 0.373 e. The molecule has 3 nitrogen and oxygen atoms in total. The second-order valence-electron chi connectivity index (χ2n) is 3.32. The number of thioether (sulfide) groups is 1. The van der Waals surface area contributed by atoms with Crippen molar-refractivity contribution in [2.24, 2.45) is 5.92 Å². The number of carbonyl (C=O) groups excluding carboxylic acids is 1. The van der Waals surface area contributed by atoms with Crippen LogP contribution in [0.15, 0.2) is 21.6 Å². The molecule has 1 heterocycles. The summed E-state index contributed by atoms with van der Waals surface area (Å²) < 4.78 is 9.81. The van der Waals surface area contributed by atoms with Crippen LogP contribution in [0.3, 0.4) is 0 Å². The maximum atomic E-state index is 11.0. The second-order valence-corrected chi connectivity index (χ2v) is 4.34. The Bertz CT molecular complexity index is 304. The molecule has 0 atom stereocenters. The molecule has 0 bridgehead atoms. The Kier molecular flexibility index (Phi) is 4.07. The van der Waals surface area contributed by atoms with Gasteiger partial charge in [0.15, 0.2) is 5.09 Å². The van der Waals surface area contributed by atoms with E-state index in [-0.39, 0.29) is 5.76 Å². The molecule has 14 heavy (non-hydrogen) atoms. The van der Waals surface area contributed by atoms with Gasteiger partial charge in [0.05, 0.1) is 7.11 Å². The Balaban J connectivity index is 2.55. The van der Waals surface area contributed by atoms with Gasteiger partial charge in [-0.3, -0.25) is 0 Å². The first kappa shape index (κ1) is 11.2. The van der Waals surface area contributed by atoms with Crippen molar-refractivity contribution in [1.82, 2.24) is 0 Å². The van der Waals surface area contributed by atoms with Crippen LogP contribution < -0.4 is 0 Å². The Labute approximate surface area is 87.8 Å². The summed E-state index contributed by atoms with van der Waals surface area (Å²) >= 11 is 1.60. The lowest BCUT2D eigenvalue weighted by Gasteiger charge is -2.00. The third-order valence-electron chi connectivity index (χ3n) is 1.53. The van der Waals surface area contributed by atoms with Crippen molar-refractivity contribution in [2.75, 3.05) is 12.9 Å². The van der Waals surface area contributed by atoms with Crippen LogP contribution in [0.1, 0.15) is 24.4 Å². The van der Waals surface area contributed by atoms with E-state index >= 15 is 0 Å². The molecule has 0 unspecified atom stereocenters. The average Bonchev–Trinajstić information content (AvgIpc) is 2.62. The summed E-state index contributed by atoms with van der Waals surface area (Å²) in [5.74, 6) is 1.42. The van der Waals surface area contributed by atoms with E-state index in [9.17, 15) is 4.79 Å². The normalized spacial score (nSPS) is 10.6. The van der Waals surface area contributed by atoms with Crippen molar-refractivity contribution in [3.8, 4) is 0 Å². The number of hydrogen-bond donors (Lipinski definition) is 0. The van der Waals surface area contributed by atoms with Crippen molar-refractivity contribution in [1.29, 1.82) is 0 Å². The zero-order valence-corrected chi connectivity index (χ0v) is 9.39. The molecule has 0 radical (unpaired) electrons. The molecule has 0 aliphatic heterocycles. The van der Waals surface area contributed by atoms with Gasteiger partial charge in [0.1, 0.15) is 0 Å². The molecular formula is C10H14O3S. The van der Waals surface area contributed by atoms with Crippen molar-refractivity contribution in [2.45, 2.75) is 18.9 Å². The Morgan fingerprint density at radius 1 is 1.57 bits per heavy atom. The van der Waals surface area contributed by atoms with Crippen LogP contribution in [0, 0.1) is 5.92 Å². The van der Waals surface area contributed by atoms with Crippen LogP contribution in [-0.2, 0) is 4.74 Å². The van der Waals surface area contributed by atoms with Gasteiger partial charge in [-0.15, -0.1) is 0 Å². The quantitative estimate of drug-likeness (QED) is 0.570. The molecule has 0 fully saturated rings. The van der Waals surface area contributed by atoms with E-state index < -0.39 is 5.97 Å². The van der Waals surface area contributed by atoms with Gasteiger partial charge in [-0.25, -0.2) is 4.79 Å². The molecule has 0 spiro atoms. The highest BCUT2D eigenvalue weighted by molar-refractivity contribution is 7.99. The highest BCUT2D eigenvalue weighted by atomic mass is 32.2. The summed E-state index contributed by atoms with van der Waals surface area (Å²) in [6.45, 7) is 4.27. The van der Waals surface area contributed by atoms with Gasteiger partial charge in [0, 0.05) is 5.75 Å². The number of rotatable bonds is 4. The van der Waals surface area contributed by atoms with E-state index in [0.717, 1.165) is 10.8 Å². The van der Waals surface area contributed by atoms with Crippen LogP contribution in [0.2, 0.25) is 0 Å². The van der Waals surface area contributed by atoms with Gasteiger partial charge in [0.25, 0.3) is 0 Å². The molecular weight excluding hydrogens is 200 g/mol. The molecule has 1 aromatic heterocycles. The monoisotopic (exact) mass is 214 g/mol. The molecule has 0 saturated carbocycles. The van der Waals surface area contributed by atoms with Crippen LogP contribution in [0.4, 0.5) is 0 Å². The van der Waals surface area contributed by atoms with E-state index in [2.05, 4.69) is 18.6 Å². The minimum atomic E-state index is -0.429. The van der Waals surface area contributed by atoms with Crippen LogP contribution >= 0.6 is 11.8 Å². The molecule has 0 saturated heterocycles. The van der Waals surface area contributed by atoms with Crippen molar-refractivity contribution in [3.63, 3.8) is 0 Å². The third-order valence-corrected chi connectivity index (χ3v) is 2.86. The zero-order valence-electron chi connectivity index (χ0n) is 8.57. The molecule has 0 aliphatic carbocycles. The third kappa shape index (κ3) is 3.10. The highest BCUT2D eigenvalue weighted by Gasteiger charge is 2.11. The van der Waals surface area contributed by atoms with Crippen LogP contribution in [-0.4, -0.2) is 18.8 Å². The van der Waals surface area contributed by atoms with Crippen LogP contribution in [0.5, 0.6) is 0 Å². The Morgan fingerprint density at radius 3 is 2.86 bits per heavy atom. The van der Waals surface area contributed by atoms with Crippen molar-refractivity contribution < 1.29 is 13.9 Å². The largest absolute Gasteiger partial charge is 0.463 e. The summed E-state index contributed by atoms with van der Waals surface area (Å²) in [6.07, 6.45) is 0. The van der Waals surface area contributed by atoms with Gasteiger partial charge >= 0.3 is 5.97 Å². The van der Waals surface area contributed by atoms with Crippen LogP contribution in [0.25, 0.3) is 0 Å². The van der Waals surface area contributed by atoms with Gasteiger partial charge in [-0.2, -0.15) is 0 Å². The van der Waals surface area contributed by atoms with Gasteiger partial charge < -0.3 is 9.15 Å². The van der Waals surface area contributed by atoms with Gasteiger partial charge in [-0.05, 0) is 18.1 Å². The Morgan fingerprint density at radius 2 is 2.29 bits per heavy atom. The molecule has 0 aromatic carbocycles. The van der Waals surface area contributed by atoms with Crippen molar-refractivity contribution in [3.05, 3.63) is 17.9 Å². The minimum Gasteiger partial charge on any atom is -0.463 e. The minimum absolute atomic E-state index is 0.263. The molecule has 1 rings (SSSR count). The summed E-state index contributed by atoms with van der Waals surface area (Å²) in [7, 11) is 1.34. The first-order valence-corrected chi connectivity index (χ1v) is 5.43. The van der Waals surface area contributed by atoms with E-state index in [1.54, 1.807) is 23.9 Å². The summed E-state index contributed by atoms with van der Waals surface area (Å²) in [6, 6.07) is 3.42. The molecule has 0 amide bonds. The standard InChI is InChI=1S/C10H14O3S/c1-7(2)6-14-9-5-4-8(13-9)10(11)12-3/h4-5,7H,6H2,1-3H3. The summed E-state index contributed by atoms with van der Waals surface area (Å²) in [5, 5.41) is 0.763. The maximum absolute atomic E-state index is 11.0. The van der Waals surface area contributed by atoms with E-state index in [1.807, 2.05) is 0 Å². The van der Waals surface area contributed by atoms with E-state index in [1.165, 1.54) is 7.11 Å². The SMILES string of the molecule is COC(=O)c1ccc(SCC(C)C)o1. The summed E-state index contributed by atoms with van der Waals surface area (Å²) in [4.78, 5) is 11.0. The summed E-state index contributed by atoms with van der Waals surface area (Å²) in [5.41, 5.74) is 0. The Hall–Kier alpha value is -0.900. The topological polar surface area (TPSA) is 39.4 Å². The maximum Gasteiger partial charge on any atom is 0.373 e. The number of carbonyl (C=O) groups is 1. The lowest BCUT2D eigenvalue weighted by Crippen LogP contribution is -1.98. The van der Waals surface area contributed by atoms with E-state index in [0.29, 0.717) is 5.92 Å². The number of esters is 1. The molecule has 0 aliphatic rings. The first-order chi connectivity index (χ1) is 6.63. The predicted octanol–water partition coefficient (Wildman–Crippen LogP) is 2.81. The second kappa shape index (κ2) is 5.10. The fourth-order valence-electron chi connectivity index (χ4n) is 0.857. The predicted molar refractivity (Wildman–Crippen MR) is 55.6 cm³/mol. The average molecular weight is 214 g/mol. The zero-order chi connectivity index (χ0) is 10.6. The first-order valence-electron chi connectivity index (χ1n) is 4.44. The number of hydrogen-bond acceptors (Lipinski definition) is 4.